The molecule has 1 atom stereocenters. The van der Waals surface area contributed by atoms with Gasteiger partial charge in [0.25, 0.3) is 0 Å². The van der Waals surface area contributed by atoms with E-state index in [1.54, 1.807) is 26.4 Å². The van der Waals surface area contributed by atoms with Crippen molar-refractivity contribution in [2.45, 2.75) is 26.2 Å². The first-order valence-electron chi connectivity index (χ1n) is 7.54. The molecule has 1 rings (SSSR count). The molecule has 0 bridgehead atoms. The Hall–Kier alpha value is -1.22. The second-order valence-corrected chi connectivity index (χ2v) is 5.09. The van der Waals surface area contributed by atoms with E-state index in [0.717, 1.165) is 24.9 Å². The summed E-state index contributed by atoms with van der Waals surface area (Å²) in [6, 6.07) is 5.46. The van der Waals surface area contributed by atoms with Crippen LogP contribution in [0.5, 0.6) is 11.5 Å². The number of ether oxygens (including phenoxy) is 2. The summed E-state index contributed by atoms with van der Waals surface area (Å²) in [5.41, 5.74) is 6.70. The summed E-state index contributed by atoms with van der Waals surface area (Å²) < 4.78 is 10.4. The molecule has 0 aliphatic carbocycles. The third-order valence-electron chi connectivity index (χ3n) is 3.41. The summed E-state index contributed by atoms with van der Waals surface area (Å²) in [7, 11) is 3.18. The molecule has 1 aromatic rings. The number of benzene rings is 1. The number of aliphatic imine (C=N–C) groups is 1. The summed E-state index contributed by atoms with van der Waals surface area (Å²) in [5.74, 6) is 2.01. The van der Waals surface area contributed by atoms with Gasteiger partial charge in [0.2, 0.25) is 0 Å². The highest BCUT2D eigenvalue weighted by Gasteiger charge is 2.08. The number of methoxy groups -OCH3 is 2. The van der Waals surface area contributed by atoms with Gasteiger partial charge in [0, 0.05) is 24.9 Å². The van der Waals surface area contributed by atoms with Crippen LogP contribution in [0.2, 0.25) is 0 Å². The van der Waals surface area contributed by atoms with Gasteiger partial charge in [-0.3, -0.25) is 4.99 Å². The molecule has 0 saturated heterocycles. The van der Waals surface area contributed by atoms with Crippen LogP contribution in [0.25, 0.3) is 0 Å². The van der Waals surface area contributed by atoms with Crippen molar-refractivity contribution < 1.29 is 14.6 Å². The first-order valence-corrected chi connectivity index (χ1v) is 7.54. The fraction of sp³-hybridized carbons (Fsp3) is 0.562. The topological polar surface area (TPSA) is 89.1 Å². The van der Waals surface area contributed by atoms with Gasteiger partial charge in [-0.25, -0.2) is 0 Å². The van der Waals surface area contributed by atoms with Crippen LogP contribution in [0.15, 0.2) is 23.2 Å². The molecule has 7 heteroatoms. The summed E-state index contributed by atoms with van der Waals surface area (Å²) in [6.45, 7) is 2.92. The second kappa shape index (κ2) is 12.2. The van der Waals surface area contributed by atoms with Gasteiger partial charge in [-0.05, 0) is 30.9 Å². The largest absolute Gasteiger partial charge is 0.493 e. The zero-order chi connectivity index (χ0) is 16.4. The highest BCUT2D eigenvalue weighted by atomic mass is 127. The predicted molar refractivity (Wildman–Crippen MR) is 105 cm³/mol. The van der Waals surface area contributed by atoms with Crippen LogP contribution in [0.3, 0.4) is 0 Å². The highest BCUT2D eigenvalue weighted by Crippen LogP contribution is 2.29. The Balaban J connectivity index is 0.00000484. The van der Waals surface area contributed by atoms with Crippen molar-refractivity contribution in [2.24, 2.45) is 16.6 Å². The number of aliphatic hydroxyl groups excluding tert-OH is 1. The van der Waals surface area contributed by atoms with E-state index in [0.29, 0.717) is 29.9 Å². The van der Waals surface area contributed by atoms with Gasteiger partial charge in [-0.15, -0.1) is 24.0 Å². The number of hydrogen-bond acceptors (Lipinski definition) is 4. The van der Waals surface area contributed by atoms with Crippen molar-refractivity contribution >= 4 is 35.6 Å². The van der Waals surface area contributed by atoms with Crippen molar-refractivity contribution in [1.29, 1.82) is 0 Å². The number of nitrogens with one attached hydrogen (secondary N) is 1. The normalized spacial score (nSPS) is 12.3. The Morgan fingerprint density at radius 2 is 1.96 bits per heavy atom. The molecule has 0 saturated carbocycles. The Morgan fingerprint density at radius 1 is 1.26 bits per heavy atom. The minimum atomic E-state index is 0. The molecular weight excluding hydrogens is 409 g/mol. The van der Waals surface area contributed by atoms with Crippen molar-refractivity contribution in [3.8, 4) is 11.5 Å². The number of halogens is 1. The van der Waals surface area contributed by atoms with Gasteiger partial charge < -0.3 is 25.6 Å². The van der Waals surface area contributed by atoms with Crippen LogP contribution in [0.1, 0.15) is 26.2 Å². The minimum absolute atomic E-state index is 0. The zero-order valence-corrected chi connectivity index (χ0v) is 16.4. The quantitative estimate of drug-likeness (QED) is 0.314. The predicted octanol–water partition coefficient (Wildman–Crippen LogP) is 2.85. The zero-order valence-electron chi connectivity index (χ0n) is 14.0. The molecule has 0 amide bonds. The van der Waals surface area contributed by atoms with Crippen molar-refractivity contribution in [2.75, 3.05) is 32.7 Å². The van der Waals surface area contributed by atoms with E-state index in [4.69, 9.17) is 20.3 Å². The Kier molecular flexibility index (Phi) is 11.6. The van der Waals surface area contributed by atoms with Gasteiger partial charge in [0.15, 0.2) is 17.5 Å². The molecule has 0 fully saturated rings. The van der Waals surface area contributed by atoms with Crippen LogP contribution in [0, 0.1) is 5.92 Å². The van der Waals surface area contributed by atoms with Crippen LogP contribution >= 0.6 is 24.0 Å². The number of nitrogens with zero attached hydrogens (tertiary/aromatic N) is 1. The third-order valence-corrected chi connectivity index (χ3v) is 3.41. The average Bonchev–Trinajstić information content (AvgIpc) is 2.53. The minimum Gasteiger partial charge on any atom is -0.493 e. The third kappa shape index (κ3) is 7.74. The molecular formula is C16H28IN3O3. The Morgan fingerprint density at radius 3 is 2.52 bits per heavy atom. The molecule has 0 aliphatic heterocycles. The lowest BCUT2D eigenvalue weighted by Gasteiger charge is -2.13. The van der Waals surface area contributed by atoms with Gasteiger partial charge in [0.1, 0.15) is 0 Å². The molecule has 1 unspecified atom stereocenters. The number of nitrogens with two attached hydrogens (primary N) is 1. The van der Waals surface area contributed by atoms with Gasteiger partial charge in [-0.1, -0.05) is 13.3 Å². The monoisotopic (exact) mass is 437 g/mol. The summed E-state index contributed by atoms with van der Waals surface area (Å²) in [5, 5.41) is 12.1. The van der Waals surface area contributed by atoms with Gasteiger partial charge >= 0.3 is 0 Å². The lowest BCUT2D eigenvalue weighted by atomic mass is 10.0. The van der Waals surface area contributed by atoms with E-state index in [-0.39, 0.29) is 30.6 Å². The van der Waals surface area contributed by atoms with Crippen molar-refractivity contribution in [1.82, 2.24) is 0 Å². The molecule has 0 radical (unpaired) electrons. The molecule has 0 spiro atoms. The maximum absolute atomic E-state index is 9.05. The van der Waals surface area contributed by atoms with Crippen molar-refractivity contribution in [3.05, 3.63) is 18.2 Å². The maximum Gasteiger partial charge on any atom is 0.193 e. The summed E-state index contributed by atoms with van der Waals surface area (Å²) in [6.07, 6.45) is 2.86. The van der Waals surface area contributed by atoms with E-state index < -0.39 is 0 Å². The molecule has 132 valence electrons. The first kappa shape index (κ1) is 21.8. The Bertz CT molecular complexity index is 478. The van der Waals surface area contributed by atoms with Gasteiger partial charge in [0.05, 0.1) is 14.2 Å². The number of guanidine groups is 1. The highest BCUT2D eigenvalue weighted by molar-refractivity contribution is 14.0. The lowest BCUT2D eigenvalue weighted by molar-refractivity contribution is 0.253. The molecule has 4 N–H and O–H groups in total. The van der Waals surface area contributed by atoms with E-state index in [1.165, 1.54) is 0 Å². The van der Waals surface area contributed by atoms with Crippen LogP contribution in [0.4, 0.5) is 5.69 Å². The first-order chi connectivity index (χ1) is 10.6. The van der Waals surface area contributed by atoms with E-state index in [2.05, 4.69) is 17.2 Å². The van der Waals surface area contributed by atoms with E-state index in [1.807, 2.05) is 6.07 Å². The molecule has 6 nitrogen and oxygen atoms in total. The number of anilines is 1. The van der Waals surface area contributed by atoms with E-state index >= 15 is 0 Å². The number of rotatable bonds is 9. The SMILES string of the molecule is CCCC(CCO)CN=C(N)Nc1ccc(OC)c(OC)c1.I. The smallest absolute Gasteiger partial charge is 0.193 e. The molecule has 1 aromatic carbocycles. The lowest BCUT2D eigenvalue weighted by Crippen LogP contribution is -2.24. The maximum atomic E-state index is 9.05. The average molecular weight is 437 g/mol. The summed E-state index contributed by atoms with van der Waals surface area (Å²) >= 11 is 0. The van der Waals surface area contributed by atoms with Crippen molar-refractivity contribution in [3.63, 3.8) is 0 Å². The number of aliphatic hydroxyl groups is 1. The van der Waals surface area contributed by atoms with E-state index in [9.17, 15) is 0 Å². The number of hydrogen-bond donors (Lipinski definition) is 3. The summed E-state index contributed by atoms with van der Waals surface area (Å²) in [4.78, 5) is 4.36. The fourth-order valence-corrected chi connectivity index (χ4v) is 2.25. The molecule has 0 aliphatic rings. The molecule has 23 heavy (non-hydrogen) atoms. The van der Waals surface area contributed by atoms with Crippen LogP contribution in [-0.2, 0) is 0 Å². The molecule has 0 heterocycles. The van der Waals surface area contributed by atoms with Crippen LogP contribution in [-0.4, -0.2) is 38.4 Å². The molecule has 0 aromatic heterocycles. The standard InChI is InChI=1S/C16H27N3O3.HI/c1-4-5-12(8-9-20)11-18-16(17)19-13-6-7-14(21-2)15(10-13)22-3;/h6-7,10,12,20H,4-5,8-9,11H2,1-3H3,(H3,17,18,19);1H. The Labute approximate surface area is 155 Å². The van der Waals surface area contributed by atoms with Crippen LogP contribution < -0.4 is 20.5 Å². The fourth-order valence-electron chi connectivity index (χ4n) is 2.25. The second-order valence-electron chi connectivity index (χ2n) is 5.09. The van der Waals surface area contributed by atoms with Gasteiger partial charge in [-0.2, -0.15) is 0 Å².